The monoisotopic (exact) mass is 345 g/mol. The minimum atomic E-state index is -0.591. The molecule has 0 N–H and O–H groups in total. The third-order valence-corrected chi connectivity index (χ3v) is 5.11. The maximum atomic E-state index is 14.3. The molecule has 122 valence electrons. The van der Waals surface area contributed by atoms with Crippen molar-refractivity contribution in [2.45, 2.75) is 25.2 Å². The molecule has 1 fully saturated rings. The molecule has 0 saturated heterocycles. The molecule has 0 aliphatic heterocycles. The van der Waals surface area contributed by atoms with Gasteiger partial charge in [0.15, 0.2) is 0 Å². The Morgan fingerprint density at radius 1 is 1.12 bits per heavy atom. The Morgan fingerprint density at radius 3 is 2.54 bits per heavy atom. The third kappa shape index (κ3) is 2.25. The van der Waals surface area contributed by atoms with Crippen molar-refractivity contribution in [3.05, 3.63) is 75.2 Å². The summed E-state index contributed by atoms with van der Waals surface area (Å²) in [6.07, 6.45) is 3.60. The van der Waals surface area contributed by atoms with Crippen LogP contribution in [-0.4, -0.2) is 4.57 Å². The fourth-order valence-electron chi connectivity index (χ4n) is 3.14. The minimum Gasteiger partial charge on any atom is -0.279 e. The molecule has 0 radical (unpaired) electrons. The summed E-state index contributed by atoms with van der Waals surface area (Å²) < 4.78 is 29.2. The summed E-state index contributed by atoms with van der Waals surface area (Å²) in [5, 5.41) is 1.09. The van der Waals surface area contributed by atoms with E-state index in [4.69, 9.17) is 11.6 Å². The maximum Gasteiger partial charge on any atom is 0.263 e. The number of hydrogen-bond acceptors (Lipinski definition) is 1. The van der Waals surface area contributed by atoms with Gasteiger partial charge in [-0.15, -0.1) is 0 Å². The van der Waals surface area contributed by atoms with Gasteiger partial charge in [-0.05, 0) is 53.5 Å². The Morgan fingerprint density at radius 2 is 1.88 bits per heavy atom. The lowest BCUT2D eigenvalue weighted by Crippen LogP contribution is -2.22. The zero-order valence-corrected chi connectivity index (χ0v) is 13.7. The molecule has 1 aliphatic rings. The standard InChI is InChI=1S/C19H14ClF2NO/c1-19(7-8-19)14-10-23(17-15(20)3-2-4-16(17)22)18(24)13-9-11(21)5-6-12(13)14/h2-6,9-10H,7-8H2,1H3. The first-order chi connectivity index (χ1) is 11.4. The number of halogens is 3. The molecule has 0 unspecified atom stereocenters. The van der Waals surface area contributed by atoms with Gasteiger partial charge in [0, 0.05) is 6.20 Å². The van der Waals surface area contributed by atoms with Crippen molar-refractivity contribution < 1.29 is 8.78 Å². The number of pyridine rings is 1. The van der Waals surface area contributed by atoms with Crippen LogP contribution in [0.15, 0.2) is 47.4 Å². The van der Waals surface area contributed by atoms with E-state index < -0.39 is 17.2 Å². The molecule has 5 heteroatoms. The summed E-state index contributed by atoms with van der Waals surface area (Å²) in [5.41, 5.74) is 0.352. The molecule has 0 bridgehead atoms. The topological polar surface area (TPSA) is 22.0 Å². The van der Waals surface area contributed by atoms with Crippen LogP contribution in [0.1, 0.15) is 25.3 Å². The van der Waals surface area contributed by atoms with Gasteiger partial charge in [-0.25, -0.2) is 8.78 Å². The highest BCUT2D eigenvalue weighted by Gasteiger charge is 2.41. The summed E-state index contributed by atoms with van der Waals surface area (Å²) in [4.78, 5) is 12.9. The molecular weight excluding hydrogens is 332 g/mol. The molecule has 0 atom stereocenters. The van der Waals surface area contributed by atoms with Crippen molar-refractivity contribution in [1.29, 1.82) is 0 Å². The Kier molecular flexibility index (Phi) is 3.29. The zero-order chi connectivity index (χ0) is 17.1. The second-order valence-electron chi connectivity index (χ2n) is 6.54. The molecule has 0 amide bonds. The van der Waals surface area contributed by atoms with Gasteiger partial charge in [0.1, 0.15) is 17.3 Å². The highest BCUT2D eigenvalue weighted by Crippen LogP contribution is 2.49. The fraction of sp³-hybridized carbons (Fsp3) is 0.211. The van der Waals surface area contributed by atoms with Gasteiger partial charge < -0.3 is 0 Å². The number of fused-ring (bicyclic) bond motifs is 1. The summed E-state index contributed by atoms with van der Waals surface area (Å²) in [5.74, 6) is -1.09. The lowest BCUT2D eigenvalue weighted by atomic mass is 9.94. The quantitative estimate of drug-likeness (QED) is 0.642. The van der Waals surface area contributed by atoms with Crippen LogP contribution in [-0.2, 0) is 5.41 Å². The normalized spacial score (nSPS) is 15.7. The molecule has 1 aromatic heterocycles. The molecule has 0 spiro atoms. The van der Waals surface area contributed by atoms with Crippen molar-refractivity contribution >= 4 is 22.4 Å². The fourth-order valence-corrected chi connectivity index (χ4v) is 3.39. The largest absolute Gasteiger partial charge is 0.279 e. The Balaban J connectivity index is 2.14. The van der Waals surface area contributed by atoms with Crippen molar-refractivity contribution in [1.82, 2.24) is 4.57 Å². The van der Waals surface area contributed by atoms with E-state index in [0.29, 0.717) is 5.39 Å². The van der Waals surface area contributed by atoms with Crippen LogP contribution < -0.4 is 5.56 Å². The molecule has 2 nitrogen and oxygen atoms in total. The molecular formula is C19H14ClF2NO. The SMILES string of the molecule is CC1(c2cn(-c3c(F)cccc3Cl)c(=O)c3cc(F)ccc23)CC1. The van der Waals surface area contributed by atoms with E-state index in [1.807, 2.05) is 0 Å². The van der Waals surface area contributed by atoms with E-state index in [1.54, 1.807) is 12.3 Å². The smallest absolute Gasteiger partial charge is 0.263 e. The van der Waals surface area contributed by atoms with Crippen LogP contribution in [0.5, 0.6) is 0 Å². The molecule has 1 aliphatic carbocycles. The summed E-state index contributed by atoms with van der Waals surface area (Å²) >= 11 is 6.13. The molecule has 1 saturated carbocycles. The van der Waals surface area contributed by atoms with Crippen LogP contribution in [0.4, 0.5) is 8.78 Å². The van der Waals surface area contributed by atoms with Gasteiger partial charge in [0.25, 0.3) is 5.56 Å². The number of aromatic nitrogens is 1. The average Bonchev–Trinajstić information content (AvgIpc) is 3.28. The predicted molar refractivity (Wildman–Crippen MR) is 91.1 cm³/mol. The highest BCUT2D eigenvalue weighted by atomic mass is 35.5. The summed E-state index contributed by atoms with van der Waals surface area (Å²) in [6.45, 7) is 2.09. The van der Waals surface area contributed by atoms with Gasteiger partial charge >= 0.3 is 0 Å². The Hall–Kier alpha value is -2.20. The first-order valence-corrected chi connectivity index (χ1v) is 8.08. The number of rotatable bonds is 2. The second kappa shape index (κ2) is 5.15. The molecule has 24 heavy (non-hydrogen) atoms. The van der Waals surface area contributed by atoms with Crippen LogP contribution in [0.2, 0.25) is 5.02 Å². The van der Waals surface area contributed by atoms with E-state index in [0.717, 1.165) is 18.4 Å². The van der Waals surface area contributed by atoms with Crippen LogP contribution in [0.25, 0.3) is 16.5 Å². The average molecular weight is 346 g/mol. The van der Waals surface area contributed by atoms with Crippen LogP contribution >= 0.6 is 11.6 Å². The van der Waals surface area contributed by atoms with Gasteiger partial charge in [-0.3, -0.25) is 9.36 Å². The van der Waals surface area contributed by atoms with Crippen molar-refractivity contribution in [3.8, 4) is 5.69 Å². The molecule has 1 heterocycles. The Labute approximate surface area is 142 Å². The van der Waals surface area contributed by atoms with Crippen LogP contribution in [0.3, 0.4) is 0 Å². The van der Waals surface area contributed by atoms with Crippen molar-refractivity contribution in [2.24, 2.45) is 0 Å². The molecule has 4 rings (SSSR count). The summed E-state index contributed by atoms with van der Waals surface area (Å²) in [7, 11) is 0. The second-order valence-corrected chi connectivity index (χ2v) is 6.95. The Bertz CT molecular complexity index is 1020. The lowest BCUT2D eigenvalue weighted by Gasteiger charge is -2.17. The number of benzene rings is 2. The lowest BCUT2D eigenvalue weighted by molar-refractivity contribution is 0.615. The number of para-hydroxylation sites is 1. The van der Waals surface area contributed by atoms with E-state index in [9.17, 15) is 13.6 Å². The third-order valence-electron chi connectivity index (χ3n) is 4.81. The number of hydrogen-bond donors (Lipinski definition) is 0. The zero-order valence-electron chi connectivity index (χ0n) is 12.9. The molecule has 2 aromatic carbocycles. The van der Waals surface area contributed by atoms with E-state index in [-0.39, 0.29) is 21.5 Å². The van der Waals surface area contributed by atoms with E-state index in [1.165, 1.54) is 34.9 Å². The molecule has 3 aromatic rings. The number of nitrogens with zero attached hydrogens (tertiary/aromatic N) is 1. The van der Waals surface area contributed by atoms with E-state index >= 15 is 0 Å². The predicted octanol–water partition coefficient (Wildman–Crippen LogP) is 4.97. The summed E-state index contributed by atoms with van der Waals surface area (Å²) in [6, 6.07) is 8.44. The first-order valence-electron chi connectivity index (χ1n) is 7.70. The van der Waals surface area contributed by atoms with Gasteiger partial charge in [-0.2, -0.15) is 0 Å². The van der Waals surface area contributed by atoms with Gasteiger partial charge in [0.2, 0.25) is 0 Å². The first kappa shape index (κ1) is 15.3. The van der Waals surface area contributed by atoms with E-state index in [2.05, 4.69) is 6.92 Å². The maximum absolute atomic E-state index is 14.3. The highest BCUT2D eigenvalue weighted by molar-refractivity contribution is 6.32. The van der Waals surface area contributed by atoms with Gasteiger partial charge in [0.05, 0.1) is 10.4 Å². The van der Waals surface area contributed by atoms with Crippen molar-refractivity contribution in [3.63, 3.8) is 0 Å². The minimum absolute atomic E-state index is 0.000767. The van der Waals surface area contributed by atoms with Crippen molar-refractivity contribution in [2.75, 3.05) is 0 Å². The van der Waals surface area contributed by atoms with Gasteiger partial charge in [-0.1, -0.05) is 30.7 Å². The van der Waals surface area contributed by atoms with Crippen LogP contribution in [0, 0.1) is 11.6 Å².